The molecule has 0 saturated carbocycles. The van der Waals surface area contributed by atoms with E-state index in [9.17, 15) is 14.7 Å². The van der Waals surface area contributed by atoms with Gasteiger partial charge < -0.3 is 15.1 Å². The van der Waals surface area contributed by atoms with Crippen LogP contribution in [-0.4, -0.2) is 57.4 Å². The van der Waals surface area contributed by atoms with E-state index in [1.165, 1.54) is 4.90 Å². The molecule has 0 bridgehead atoms. The van der Waals surface area contributed by atoms with Crippen LogP contribution >= 0.6 is 0 Å². The highest BCUT2D eigenvalue weighted by molar-refractivity contribution is 5.93. The number of hydrogen-bond donors (Lipinski definition) is 3. The van der Waals surface area contributed by atoms with E-state index in [1.807, 2.05) is 30.3 Å². The van der Waals surface area contributed by atoms with Gasteiger partial charge in [0.25, 0.3) is 0 Å². The van der Waals surface area contributed by atoms with Gasteiger partial charge in [0.05, 0.1) is 12.6 Å². The predicted octanol–water partition coefficient (Wildman–Crippen LogP) is -0.303. The van der Waals surface area contributed by atoms with E-state index in [-0.39, 0.29) is 19.7 Å². The summed E-state index contributed by atoms with van der Waals surface area (Å²) in [6.45, 7) is 1.77. The molecule has 7 nitrogen and oxygen atoms in total. The summed E-state index contributed by atoms with van der Waals surface area (Å²) in [5, 5.41) is 19.8. The highest BCUT2D eigenvalue weighted by Gasteiger charge is 2.41. The van der Waals surface area contributed by atoms with E-state index in [4.69, 9.17) is 5.11 Å². The normalized spacial score (nSPS) is 21.7. The second-order valence-corrected chi connectivity index (χ2v) is 4.91. The van der Waals surface area contributed by atoms with Gasteiger partial charge in [-0.2, -0.15) is 0 Å². The van der Waals surface area contributed by atoms with Crippen LogP contribution in [0.4, 0.5) is 4.79 Å². The molecule has 21 heavy (non-hydrogen) atoms. The number of urea groups is 1. The molecule has 1 heterocycles. The van der Waals surface area contributed by atoms with Gasteiger partial charge in [0, 0.05) is 13.1 Å². The molecule has 1 saturated heterocycles. The Kier molecular flexibility index (Phi) is 4.89. The summed E-state index contributed by atoms with van der Waals surface area (Å²) >= 11 is 0. The number of rotatable bonds is 4. The van der Waals surface area contributed by atoms with Crippen molar-refractivity contribution >= 4 is 11.8 Å². The number of carbonyl (C=O) groups is 2. The molecular formula is C14H19N3O4. The SMILES string of the molecule is CC1NN(C(=O)N(CCO)Cc2ccccc2)C(O)C1=O. The van der Waals surface area contributed by atoms with Crippen molar-refractivity contribution in [2.75, 3.05) is 13.2 Å². The zero-order valence-electron chi connectivity index (χ0n) is 11.8. The number of ketones is 1. The van der Waals surface area contributed by atoms with Crippen LogP contribution in [-0.2, 0) is 11.3 Å². The van der Waals surface area contributed by atoms with Gasteiger partial charge >= 0.3 is 6.03 Å². The molecule has 0 spiro atoms. The van der Waals surface area contributed by atoms with Crippen LogP contribution in [0.2, 0.25) is 0 Å². The molecule has 2 amide bonds. The van der Waals surface area contributed by atoms with Gasteiger partial charge in [-0.25, -0.2) is 15.2 Å². The number of aliphatic hydroxyl groups is 2. The molecule has 0 aliphatic carbocycles. The number of carbonyl (C=O) groups excluding carboxylic acids is 2. The van der Waals surface area contributed by atoms with E-state index < -0.39 is 24.1 Å². The van der Waals surface area contributed by atoms with Gasteiger partial charge in [0.2, 0.25) is 12.0 Å². The third-order valence-corrected chi connectivity index (χ3v) is 3.32. The van der Waals surface area contributed by atoms with Gasteiger partial charge in [0.1, 0.15) is 0 Å². The number of aliphatic hydroxyl groups excluding tert-OH is 2. The Morgan fingerprint density at radius 2 is 2.05 bits per heavy atom. The lowest BCUT2D eigenvalue weighted by atomic mass is 10.2. The van der Waals surface area contributed by atoms with Crippen LogP contribution in [0, 0.1) is 0 Å². The van der Waals surface area contributed by atoms with Crippen LogP contribution in [0.25, 0.3) is 0 Å². The Labute approximate surface area is 122 Å². The minimum Gasteiger partial charge on any atom is -0.395 e. The average molecular weight is 293 g/mol. The van der Waals surface area contributed by atoms with Crippen LogP contribution in [0.1, 0.15) is 12.5 Å². The van der Waals surface area contributed by atoms with E-state index in [0.717, 1.165) is 10.6 Å². The maximum absolute atomic E-state index is 12.4. The first-order valence-corrected chi connectivity index (χ1v) is 6.75. The van der Waals surface area contributed by atoms with E-state index in [2.05, 4.69) is 5.43 Å². The van der Waals surface area contributed by atoms with E-state index in [1.54, 1.807) is 6.92 Å². The van der Waals surface area contributed by atoms with Crippen molar-refractivity contribution in [2.45, 2.75) is 25.7 Å². The quantitative estimate of drug-likeness (QED) is 0.708. The fourth-order valence-corrected chi connectivity index (χ4v) is 2.17. The zero-order chi connectivity index (χ0) is 15.4. The number of benzene rings is 1. The molecule has 3 N–H and O–H groups in total. The first kappa shape index (κ1) is 15.4. The van der Waals surface area contributed by atoms with Crippen molar-refractivity contribution in [2.24, 2.45) is 0 Å². The summed E-state index contributed by atoms with van der Waals surface area (Å²) in [6, 6.07) is 8.14. The first-order chi connectivity index (χ1) is 10.0. The van der Waals surface area contributed by atoms with Crippen LogP contribution < -0.4 is 5.43 Å². The number of nitrogens with zero attached hydrogens (tertiary/aromatic N) is 2. The molecule has 2 rings (SSSR count). The monoisotopic (exact) mass is 293 g/mol. The fraction of sp³-hybridized carbons (Fsp3) is 0.429. The molecule has 114 valence electrons. The molecule has 1 aliphatic rings. The third kappa shape index (κ3) is 3.38. The van der Waals surface area contributed by atoms with Gasteiger partial charge in [0.15, 0.2) is 0 Å². The maximum atomic E-state index is 12.4. The number of hydrazine groups is 1. The zero-order valence-corrected chi connectivity index (χ0v) is 11.8. The lowest BCUT2D eigenvalue weighted by molar-refractivity contribution is -0.128. The third-order valence-electron chi connectivity index (χ3n) is 3.32. The highest BCUT2D eigenvalue weighted by atomic mass is 16.3. The molecule has 0 radical (unpaired) electrons. The minimum atomic E-state index is -1.50. The number of hydrogen-bond acceptors (Lipinski definition) is 5. The Balaban J connectivity index is 2.11. The minimum absolute atomic E-state index is 0.112. The Bertz CT molecular complexity index is 508. The van der Waals surface area contributed by atoms with Crippen molar-refractivity contribution in [1.82, 2.24) is 15.3 Å². The summed E-state index contributed by atoms with van der Waals surface area (Å²) in [5.74, 6) is -0.452. The molecule has 1 aliphatic heterocycles. The average Bonchev–Trinajstić information content (AvgIpc) is 2.75. The number of nitrogens with one attached hydrogen (secondary N) is 1. The largest absolute Gasteiger partial charge is 0.395 e. The van der Waals surface area contributed by atoms with Crippen molar-refractivity contribution in [3.63, 3.8) is 0 Å². The summed E-state index contributed by atoms with van der Waals surface area (Å²) in [4.78, 5) is 25.4. The lowest BCUT2D eigenvalue weighted by Crippen LogP contribution is -2.51. The van der Waals surface area contributed by atoms with Gasteiger partial charge in [-0.05, 0) is 12.5 Å². The number of amides is 2. The van der Waals surface area contributed by atoms with Crippen molar-refractivity contribution in [3.8, 4) is 0 Å². The van der Waals surface area contributed by atoms with Crippen molar-refractivity contribution in [1.29, 1.82) is 0 Å². The van der Waals surface area contributed by atoms with Crippen LogP contribution in [0.15, 0.2) is 30.3 Å². The van der Waals surface area contributed by atoms with Gasteiger partial charge in [-0.15, -0.1) is 0 Å². The summed E-state index contributed by atoms with van der Waals surface area (Å²) in [6.07, 6.45) is -1.50. The van der Waals surface area contributed by atoms with Crippen LogP contribution in [0.3, 0.4) is 0 Å². The number of Topliss-reactive ketones (excluding diaryl/α,β-unsaturated/α-hetero) is 1. The molecule has 1 aromatic rings. The van der Waals surface area contributed by atoms with Crippen LogP contribution in [0.5, 0.6) is 0 Å². The molecule has 0 aromatic heterocycles. The molecule has 2 atom stereocenters. The lowest BCUT2D eigenvalue weighted by Gasteiger charge is -2.28. The predicted molar refractivity (Wildman–Crippen MR) is 74.8 cm³/mol. The second kappa shape index (κ2) is 6.66. The van der Waals surface area contributed by atoms with Crippen molar-refractivity contribution in [3.05, 3.63) is 35.9 Å². The molecule has 2 unspecified atom stereocenters. The molecule has 1 aromatic carbocycles. The standard InChI is InChI=1S/C14H19N3O4/c1-10-12(19)13(20)17(15-10)14(21)16(7-8-18)9-11-5-3-2-4-6-11/h2-6,10,13,15,18,20H,7-9H2,1H3. The first-order valence-electron chi connectivity index (χ1n) is 6.75. The molecule has 7 heteroatoms. The van der Waals surface area contributed by atoms with E-state index in [0.29, 0.717) is 0 Å². The second-order valence-electron chi connectivity index (χ2n) is 4.91. The fourth-order valence-electron chi connectivity index (χ4n) is 2.17. The molecule has 1 fully saturated rings. The van der Waals surface area contributed by atoms with Crippen molar-refractivity contribution < 1.29 is 19.8 Å². The highest BCUT2D eigenvalue weighted by Crippen LogP contribution is 2.13. The Morgan fingerprint density at radius 1 is 1.38 bits per heavy atom. The summed E-state index contributed by atoms with van der Waals surface area (Å²) < 4.78 is 0. The van der Waals surface area contributed by atoms with Gasteiger partial charge in [-0.3, -0.25) is 4.79 Å². The maximum Gasteiger partial charge on any atom is 0.337 e. The topological polar surface area (TPSA) is 93.1 Å². The van der Waals surface area contributed by atoms with E-state index >= 15 is 0 Å². The Hall–Kier alpha value is -1.96. The summed E-state index contributed by atoms with van der Waals surface area (Å²) in [5.41, 5.74) is 3.53. The summed E-state index contributed by atoms with van der Waals surface area (Å²) in [7, 11) is 0. The molecular weight excluding hydrogens is 274 g/mol. The smallest absolute Gasteiger partial charge is 0.337 e. The Morgan fingerprint density at radius 3 is 2.57 bits per heavy atom. The van der Waals surface area contributed by atoms with Gasteiger partial charge in [-0.1, -0.05) is 30.3 Å².